The predicted molar refractivity (Wildman–Crippen MR) is 91.1 cm³/mol. The van der Waals surface area contributed by atoms with E-state index in [9.17, 15) is 18.4 Å². The number of hydrogen-bond donors (Lipinski definition) is 1. The fourth-order valence-corrected chi connectivity index (χ4v) is 2.96. The number of rotatable bonds is 7. The molecule has 2 rings (SSSR count). The number of nitrogens with one attached hydrogen (secondary N) is 1. The Morgan fingerprint density at radius 2 is 2.00 bits per heavy atom. The first-order chi connectivity index (χ1) is 11.9. The van der Waals surface area contributed by atoms with Crippen LogP contribution in [-0.2, 0) is 16.0 Å². The third-order valence-electron chi connectivity index (χ3n) is 3.08. The zero-order valence-corrected chi connectivity index (χ0v) is 15.0. The van der Waals surface area contributed by atoms with E-state index in [2.05, 4.69) is 14.9 Å². The number of benzene rings is 1. The molecule has 0 aliphatic carbocycles. The van der Waals surface area contributed by atoms with Gasteiger partial charge in [-0.3, -0.25) is 4.79 Å². The minimum Gasteiger partial charge on any atom is -0.448 e. The Kier molecular flexibility index (Phi) is 6.82. The normalized spacial score (nSPS) is 12.0. The molecular formula is C15H15F2N3O3S2. The van der Waals surface area contributed by atoms with Gasteiger partial charge in [-0.2, -0.15) is 8.78 Å². The van der Waals surface area contributed by atoms with Crippen LogP contribution in [0.2, 0.25) is 0 Å². The Bertz CT molecular complexity index is 738. The van der Waals surface area contributed by atoms with Crippen molar-refractivity contribution in [2.24, 2.45) is 0 Å². The van der Waals surface area contributed by atoms with Gasteiger partial charge in [0.1, 0.15) is 0 Å². The van der Waals surface area contributed by atoms with Gasteiger partial charge in [-0.15, -0.1) is 5.10 Å². The van der Waals surface area contributed by atoms with E-state index in [-0.39, 0.29) is 4.88 Å². The molecule has 10 heteroatoms. The summed E-state index contributed by atoms with van der Waals surface area (Å²) in [6.07, 6.45) is -0.501. The third kappa shape index (κ3) is 5.46. The number of alkyl halides is 2. The van der Waals surface area contributed by atoms with E-state index in [1.807, 2.05) is 6.92 Å². The quantitative estimate of drug-likeness (QED) is 0.578. The van der Waals surface area contributed by atoms with E-state index >= 15 is 0 Å². The van der Waals surface area contributed by atoms with Gasteiger partial charge in [0, 0.05) is 10.6 Å². The fraction of sp³-hybridized carbons (Fsp3) is 0.333. The molecule has 0 bridgehead atoms. The van der Waals surface area contributed by atoms with Crippen LogP contribution >= 0.6 is 23.3 Å². The van der Waals surface area contributed by atoms with Crippen molar-refractivity contribution in [2.45, 2.75) is 37.0 Å². The van der Waals surface area contributed by atoms with Gasteiger partial charge >= 0.3 is 5.97 Å². The average molecular weight is 387 g/mol. The summed E-state index contributed by atoms with van der Waals surface area (Å²) in [6, 6.07) is 5.94. The van der Waals surface area contributed by atoms with Crippen molar-refractivity contribution in [3.63, 3.8) is 0 Å². The number of anilines is 1. The third-order valence-corrected chi connectivity index (χ3v) is 4.55. The first-order valence-corrected chi connectivity index (χ1v) is 8.94. The lowest BCUT2D eigenvalue weighted by Gasteiger charge is -2.13. The molecule has 134 valence electrons. The highest BCUT2D eigenvalue weighted by Gasteiger charge is 2.23. The molecule has 2 aromatic rings. The highest BCUT2D eigenvalue weighted by atomic mass is 32.2. The molecule has 0 spiro atoms. The highest BCUT2D eigenvalue weighted by molar-refractivity contribution is 7.99. The number of aryl methyl sites for hydroxylation is 1. The average Bonchev–Trinajstić information content (AvgIpc) is 3.04. The van der Waals surface area contributed by atoms with Crippen molar-refractivity contribution in [2.75, 3.05) is 5.32 Å². The molecule has 25 heavy (non-hydrogen) atoms. The second-order valence-corrected chi connectivity index (χ2v) is 6.66. The zero-order chi connectivity index (χ0) is 18.4. The largest absolute Gasteiger partial charge is 0.448 e. The van der Waals surface area contributed by atoms with Crippen LogP contribution in [0.4, 0.5) is 14.5 Å². The highest BCUT2D eigenvalue weighted by Crippen LogP contribution is 2.26. The Morgan fingerprint density at radius 1 is 1.32 bits per heavy atom. The summed E-state index contributed by atoms with van der Waals surface area (Å²) in [5, 5.41) is 6.38. The van der Waals surface area contributed by atoms with Crippen molar-refractivity contribution in [3.05, 3.63) is 34.8 Å². The van der Waals surface area contributed by atoms with Crippen molar-refractivity contribution in [3.8, 4) is 0 Å². The van der Waals surface area contributed by atoms with Crippen molar-refractivity contribution in [1.29, 1.82) is 0 Å². The van der Waals surface area contributed by atoms with E-state index in [4.69, 9.17) is 4.74 Å². The van der Waals surface area contributed by atoms with Gasteiger partial charge in [0.25, 0.3) is 11.7 Å². The first kappa shape index (κ1) is 19.3. The lowest BCUT2D eigenvalue weighted by atomic mass is 10.3. The Labute approximate surface area is 151 Å². The number of hydrogen-bond acceptors (Lipinski definition) is 7. The Morgan fingerprint density at radius 3 is 2.60 bits per heavy atom. The second-order valence-electron chi connectivity index (χ2n) is 4.84. The minimum atomic E-state index is -2.51. The van der Waals surface area contributed by atoms with Crippen molar-refractivity contribution < 1.29 is 23.1 Å². The summed E-state index contributed by atoms with van der Waals surface area (Å²) in [5.41, 5.74) is 0.940. The maximum absolute atomic E-state index is 12.3. The van der Waals surface area contributed by atoms with Gasteiger partial charge in [-0.25, -0.2) is 4.79 Å². The van der Waals surface area contributed by atoms with Crippen LogP contribution in [0.5, 0.6) is 0 Å². The molecule has 1 heterocycles. The fourth-order valence-electron chi connectivity index (χ4n) is 1.83. The minimum absolute atomic E-state index is 0.274. The Hall–Kier alpha value is -2.07. The van der Waals surface area contributed by atoms with Crippen molar-refractivity contribution in [1.82, 2.24) is 9.59 Å². The van der Waals surface area contributed by atoms with Crippen LogP contribution in [0.3, 0.4) is 0 Å². The summed E-state index contributed by atoms with van der Waals surface area (Å²) in [6.45, 7) is 3.27. The predicted octanol–water partition coefficient (Wildman–Crippen LogP) is 3.60. The number of ether oxygens (including phenoxy) is 1. The summed E-state index contributed by atoms with van der Waals surface area (Å²) >= 11 is 1.33. The lowest BCUT2D eigenvalue weighted by Crippen LogP contribution is -2.30. The zero-order valence-electron chi connectivity index (χ0n) is 13.4. The molecule has 0 aliphatic rings. The maximum Gasteiger partial charge on any atom is 0.352 e. The maximum atomic E-state index is 12.3. The van der Waals surface area contributed by atoms with Crippen LogP contribution in [-0.4, -0.2) is 33.3 Å². The van der Waals surface area contributed by atoms with Gasteiger partial charge in [0.15, 0.2) is 11.0 Å². The van der Waals surface area contributed by atoms with E-state index in [1.165, 1.54) is 31.2 Å². The van der Waals surface area contributed by atoms with Gasteiger partial charge in [-0.1, -0.05) is 23.2 Å². The number of amides is 1. The molecule has 1 amide bonds. The number of carbonyl (C=O) groups excluding carboxylic acids is 2. The SMILES string of the molecule is CCc1nnsc1C(=O)O[C@H](C)C(=O)Nc1ccc(SC(F)F)cc1. The number of nitrogens with zero attached hydrogens (tertiary/aromatic N) is 2. The number of aromatic nitrogens is 2. The molecule has 0 radical (unpaired) electrons. The lowest BCUT2D eigenvalue weighted by molar-refractivity contribution is -0.123. The number of halogens is 2. The van der Waals surface area contributed by atoms with Crippen LogP contribution in [0.15, 0.2) is 29.2 Å². The standard InChI is InChI=1S/C15H15F2N3O3S2/c1-3-11-12(25-20-19-11)14(22)23-8(2)13(21)18-9-4-6-10(7-5-9)24-15(16)17/h4-8,15H,3H2,1-2H3,(H,18,21)/t8-/m1/s1. The monoisotopic (exact) mass is 387 g/mol. The number of esters is 1. The van der Waals surface area contributed by atoms with Crippen LogP contribution in [0, 0.1) is 0 Å². The molecule has 1 N–H and O–H groups in total. The molecule has 1 atom stereocenters. The van der Waals surface area contributed by atoms with Crippen LogP contribution in [0.1, 0.15) is 29.2 Å². The molecule has 1 aromatic heterocycles. The summed E-state index contributed by atoms with van der Waals surface area (Å²) < 4.78 is 33.4. The molecular weight excluding hydrogens is 372 g/mol. The molecule has 0 saturated carbocycles. The number of thioether (sulfide) groups is 1. The van der Waals surface area contributed by atoms with Gasteiger partial charge < -0.3 is 10.1 Å². The smallest absolute Gasteiger partial charge is 0.352 e. The molecule has 0 fully saturated rings. The van der Waals surface area contributed by atoms with E-state index < -0.39 is 23.7 Å². The van der Waals surface area contributed by atoms with Crippen LogP contribution < -0.4 is 5.32 Å². The number of carbonyl (C=O) groups is 2. The van der Waals surface area contributed by atoms with Gasteiger partial charge in [0.2, 0.25) is 0 Å². The summed E-state index contributed by atoms with van der Waals surface area (Å²) in [7, 11) is 0. The Balaban J connectivity index is 1.92. The molecule has 0 unspecified atom stereocenters. The van der Waals surface area contributed by atoms with E-state index in [0.29, 0.717) is 34.5 Å². The molecule has 6 nitrogen and oxygen atoms in total. The topological polar surface area (TPSA) is 81.2 Å². The molecule has 0 saturated heterocycles. The summed E-state index contributed by atoms with van der Waals surface area (Å²) in [4.78, 5) is 24.8. The molecule has 1 aromatic carbocycles. The first-order valence-electron chi connectivity index (χ1n) is 7.28. The van der Waals surface area contributed by atoms with Crippen molar-refractivity contribution >= 4 is 40.9 Å². The van der Waals surface area contributed by atoms with E-state index in [1.54, 1.807) is 0 Å². The summed E-state index contributed by atoms with van der Waals surface area (Å²) in [5.74, 6) is -3.69. The molecule has 0 aliphatic heterocycles. The van der Waals surface area contributed by atoms with Gasteiger partial charge in [-0.05, 0) is 49.1 Å². The second kappa shape index (κ2) is 8.86. The van der Waals surface area contributed by atoms with Crippen LogP contribution in [0.25, 0.3) is 0 Å². The van der Waals surface area contributed by atoms with E-state index in [0.717, 1.165) is 11.5 Å². The van der Waals surface area contributed by atoms with Gasteiger partial charge in [0.05, 0.1) is 5.69 Å².